The number of carbonyl (C=O) groups excluding carboxylic acids is 2. The zero-order chi connectivity index (χ0) is 14.8. The lowest BCUT2D eigenvalue weighted by molar-refractivity contribution is -0.146. The Bertz CT molecular complexity index is 544. The van der Waals surface area contributed by atoms with Gasteiger partial charge in [-0.25, -0.2) is 0 Å². The van der Waals surface area contributed by atoms with Crippen molar-refractivity contribution < 1.29 is 9.59 Å². The molecule has 20 heavy (non-hydrogen) atoms. The summed E-state index contributed by atoms with van der Waals surface area (Å²) < 4.78 is 0. The van der Waals surface area contributed by atoms with Crippen molar-refractivity contribution in [2.75, 3.05) is 13.1 Å². The highest BCUT2D eigenvalue weighted by molar-refractivity contribution is 6.35. The van der Waals surface area contributed by atoms with Crippen molar-refractivity contribution in [1.29, 1.82) is 10.5 Å². The first kappa shape index (κ1) is 15.1. The van der Waals surface area contributed by atoms with E-state index in [1.807, 2.05) is 6.07 Å². The van der Waals surface area contributed by atoms with Crippen LogP contribution < -0.4 is 5.32 Å². The number of hydrogen-bond donors (Lipinski definition) is 1. The van der Waals surface area contributed by atoms with Crippen LogP contribution in [0.5, 0.6) is 0 Å². The van der Waals surface area contributed by atoms with Gasteiger partial charge >= 0.3 is 11.8 Å². The van der Waals surface area contributed by atoms with Gasteiger partial charge in [-0.3, -0.25) is 14.6 Å². The molecule has 7 nitrogen and oxygen atoms in total. The molecule has 0 radical (unpaired) electrons. The molecule has 0 aliphatic heterocycles. The molecule has 0 saturated heterocycles. The molecule has 1 rings (SSSR count). The summed E-state index contributed by atoms with van der Waals surface area (Å²) in [6.07, 6.45) is 3.31. The fraction of sp³-hybridized carbons (Fsp3) is 0.308. The van der Waals surface area contributed by atoms with Gasteiger partial charge in [0.05, 0.1) is 18.6 Å². The molecule has 1 aromatic heterocycles. The van der Waals surface area contributed by atoms with Gasteiger partial charge in [0.25, 0.3) is 0 Å². The van der Waals surface area contributed by atoms with Gasteiger partial charge in [0.15, 0.2) is 0 Å². The Labute approximate surface area is 116 Å². The molecule has 102 valence electrons. The molecule has 0 spiro atoms. The molecule has 2 amide bonds. The molecule has 0 unspecified atom stereocenters. The maximum Gasteiger partial charge on any atom is 0.312 e. The lowest BCUT2D eigenvalue weighted by atomic mass is 10.2. The second kappa shape index (κ2) is 8.22. The second-order valence-electron chi connectivity index (χ2n) is 3.84. The first-order valence-electron chi connectivity index (χ1n) is 5.89. The van der Waals surface area contributed by atoms with E-state index in [1.54, 1.807) is 30.6 Å². The predicted octanol–water partition coefficient (Wildman–Crippen LogP) is -0.0363. The Morgan fingerprint density at radius 1 is 1.35 bits per heavy atom. The quantitative estimate of drug-likeness (QED) is 0.597. The Morgan fingerprint density at radius 2 is 2.15 bits per heavy atom. The monoisotopic (exact) mass is 271 g/mol. The van der Waals surface area contributed by atoms with E-state index >= 15 is 0 Å². The molecule has 0 atom stereocenters. The predicted molar refractivity (Wildman–Crippen MR) is 68.5 cm³/mol. The largest absolute Gasteiger partial charge is 0.335 e. The SMILES string of the molecule is N#CCCN(Cc1cccnc1)C(=O)C(=O)NCC#N. The molecule has 7 heteroatoms. The van der Waals surface area contributed by atoms with Gasteiger partial charge < -0.3 is 10.2 Å². The second-order valence-corrected chi connectivity index (χ2v) is 3.84. The van der Waals surface area contributed by atoms with Gasteiger partial charge in [0.2, 0.25) is 0 Å². The maximum absolute atomic E-state index is 11.9. The molecule has 0 aliphatic carbocycles. The number of hydrogen-bond acceptors (Lipinski definition) is 5. The summed E-state index contributed by atoms with van der Waals surface area (Å²) >= 11 is 0. The van der Waals surface area contributed by atoms with E-state index in [0.717, 1.165) is 5.56 Å². The van der Waals surface area contributed by atoms with Crippen LogP contribution in [0.15, 0.2) is 24.5 Å². The summed E-state index contributed by atoms with van der Waals surface area (Å²) in [6.45, 7) is 0.0993. The lowest BCUT2D eigenvalue weighted by Gasteiger charge is -2.20. The molecule has 0 bridgehead atoms. The van der Waals surface area contributed by atoms with Crippen molar-refractivity contribution in [2.45, 2.75) is 13.0 Å². The highest BCUT2D eigenvalue weighted by atomic mass is 16.2. The van der Waals surface area contributed by atoms with Crippen LogP contribution in [0.2, 0.25) is 0 Å². The van der Waals surface area contributed by atoms with Crippen molar-refractivity contribution >= 4 is 11.8 Å². The summed E-state index contributed by atoms with van der Waals surface area (Å²) in [4.78, 5) is 28.7. The minimum absolute atomic E-state index is 0.123. The lowest BCUT2D eigenvalue weighted by Crippen LogP contribution is -2.43. The number of rotatable bonds is 5. The van der Waals surface area contributed by atoms with E-state index in [0.29, 0.717) is 0 Å². The zero-order valence-corrected chi connectivity index (χ0v) is 10.7. The fourth-order valence-electron chi connectivity index (χ4n) is 1.49. The number of nitrogens with zero attached hydrogens (tertiary/aromatic N) is 4. The van der Waals surface area contributed by atoms with Gasteiger partial charge in [0, 0.05) is 25.5 Å². The molecule has 1 N–H and O–H groups in total. The summed E-state index contributed by atoms with van der Waals surface area (Å²) in [7, 11) is 0. The number of amides is 2. The Kier molecular flexibility index (Phi) is 6.22. The van der Waals surface area contributed by atoms with E-state index in [-0.39, 0.29) is 26.1 Å². The van der Waals surface area contributed by atoms with Crippen molar-refractivity contribution in [1.82, 2.24) is 15.2 Å². The smallest absolute Gasteiger partial charge is 0.312 e. The zero-order valence-electron chi connectivity index (χ0n) is 10.7. The van der Waals surface area contributed by atoms with E-state index in [2.05, 4.69) is 10.3 Å². The third-order valence-electron chi connectivity index (χ3n) is 2.40. The Morgan fingerprint density at radius 3 is 2.75 bits per heavy atom. The minimum Gasteiger partial charge on any atom is -0.335 e. The Hall–Kier alpha value is -2.93. The number of nitriles is 2. The van der Waals surface area contributed by atoms with Crippen LogP contribution in [0.1, 0.15) is 12.0 Å². The van der Waals surface area contributed by atoms with Crippen LogP contribution in [0.4, 0.5) is 0 Å². The average molecular weight is 271 g/mol. The fourth-order valence-corrected chi connectivity index (χ4v) is 1.49. The number of pyridine rings is 1. The van der Waals surface area contributed by atoms with E-state index in [1.165, 1.54) is 4.90 Å². The summed E-state index contributed by atoms with van der Waals surface area (Å²) in [5.41, 5.74) is 0.756. The van der Waals surface area contributed by atoms with Crippen molar-refractivity contribution in [3.05, 3.63) is 30.1 Å². The molecule has 0 aliphatic rings. The van der Waals surface area contributed by atoms with Crippen LogP contribution in [-0.4, -0.2) is 34.8 Å². The van der Waals surface area contributed by atoms with Crippen LogP contribution in [-0.2, 0) is 16.1 Å². The molecular weight excluding hydrogens is 258 g/mol. The summed E-state index contributed by atoms with van der Waals surface area (Å²) in [6, 6.07) is 7.14. The summed E-state index contributed by atoms with van der Waals surface area (Å²) in [5.74, 6) is -1.62. The molecule has 0 saturated carbocycles. The van der Waals surface area contributed by atoms with Gasteiger partial charge in [-0.15, -0.1) is 0 Å². The topological polar surface area (TPSA) is 110 Å². The number of aromatic nitrogens is 1. The maximum atomic E-state index is 11.9. The van der Waals surface area contributed by atoms with Crippen LogP contribution >= 0.6 is 0 Å². The summed E-state index contributed by atoms with van der Waals surface area (Å²) in [5, 5.41) is 19.2. The normalized spacial score (nSPS) is 9.10. The standard InChI is InChI=1S/C13H13N5O2/c14-4-2-8-18(10-11-3-1-6-16-9-11)13(20)12(19)17-7-5-15/h1,3,6,9H,2,7-8,10H2,(H,17,19). The van der Waals surface area contributed by atoms with Crippen LogP contribution in [0.3, 0.4) is 0 Å². The third-order valence-corrected chi connectivity index (χ3v) is 2.40. The first-order valence-corrected chi connectivity index (χ1v) is 5.89. The van der Waals surface area contributed by atoms with Gasteiger partial charge in [-0.1, -0.05) is 6.07 Å². The number of nitrogens with one attached hydrogen (secondary N) is 1. The van der Waals surface area contributed by atoms with Crippen molar-refractivity contribution in [3.63, 3.8) is 0 Å². The van der Waals surface area contributed by atoms with E-state index < -0.39 is 11.8 Å². The minimum atomic E-state index is -0.853. The first-order chi connectivity index (χ1) is 9.69. The Balaban J connectivity index is 2.73. The average Bonchev–Trinajstić information content (AvgIpc) is 2.49. The molecule has 0 aromatic carbocycles. The third kappa shape index (κ3) is 4.75. The highest BCUT2D eigenvalue weighted by Crippen LogP contribution is 2.04. The molecule has 1 heterocycles. The van der Waals surface area contributed by atoms with Crippen molar-refractivity contribution in [2.24, 2.45) is 0 Å². The molecule has 1 aromatic rings. The van der Waals surface area contributed by atoms with E-state index in [9.17, 15) is 9.59 Å². The molecule has 0 fully saturated rings. The van der Waals surface area contributed by atoms with Gasteiger partial charge in [-0.2, -0.15) is 10.5 Å². The highest BCUT2D eigenvalue weighted by Gasteiger charge is 2.21. The number of carbonyl (C=O) groups is 2. The van der Waals surface area contributed by atoms with Crippen LogP contribution in [0.25, 0.3) is 0 Å². The van der Waals surface area contributed by atoms with Crippen LogP contribution in [0, 0.1) is 22.7 Å². The van der Waals surface area contributed by atoms with Gasteiger partial charge in [0.1, 0.15) is 6.54 Å². The van der Waals surface area contributed by atoms with E-state index in [4.69, 9.17) is 10.5 Å². The molecular formula is C13H13N5O2. The van der Waals surface area contributed by atoms with Gasteiger partial charge in [-0.05, 0) is 11.6 Å². The van der Waals surface area contributed by atoms with Crippen molar-refractivity contribution in [3.8, 4) is 12.1 Å².